The number of aromatic nitrogens is 3. The van der Waals surface area contributed by atoms with Crippen molar-refractivity contribution in [3.8, 4) is 0 Å². The molecule has 2 aliphatic rings. The van der Waals surface area contributed by atoms with E-state index < -0.39 is 16.5 Å². The largest absolute Gasteiger partial charge is 0.485 e. The fraction of sp³-hybridized carbons (Fsp3) is 0.600. The van der Waals surface area contributed by atoms with Crippen LogP contribution in [0.2, 0.25) is 0 Å². The van der Waals surface area contributed by atoms with Gasteiger partial charge in [0.2, 0.25) is 11.0 Å². The van der Waals surface area contributed by atoms with Gasteiger partial charge in [-0.2, -0.15) is 13.2 Å². The summed E-state index contributed by atoms with van der Waals surface area (Å²) < 4.78 is 50.6. The van der Waals surface area contributed by atoms with Gasteiger partial charge in [-0.25, -0.2) is 18.5 Å². The minimum atomic E-state index is -4.67. The van der Waals surface area contributed by atoms with Crippen molar-refractivity contribution >= 4 is 27.8 Å². The van der Waals surface area contributed by atoms with Gasteiger partial charge in [0.05, 0.1) is 5.39 Å². The maximum absolute atomic E-state index is 12.7. The van der Waals surface area contributed by atoms with Crippen molar-refractivity contribution in [1.82, 2.24) is 19.3 Å². The van der Waals surface area contributed by atoms with Crippen molar-refractivity contribution in [2.75, 3.05) is 25.0 Å². The van der Waals surface area contributed by atoms with Crippen LogP contribution in [0, 0.1) is 11.8 Å². The van der Waals surface area contributed by atoms with E-state index in [0.717, 1.165) is 34.0 Å². The van der Waals surface area contributed by atoms with Crippen molar-refractivity contribution in [2.24, 2.45) is 11.8 Å². The highest BCUT2D eigenvalue weighted by atomic mass is 32.2. The Kier molecular flexibility index (Phi) is 3.99. The Morgan fingerprint density at radius 3 is 2.60 bits per heavy atom. The molecule has 136 valence electrons. The van der Waals surface area contributed by atoms with E-state index in [1.54, 1.807) is 0 Å². The fourth-order valence-corrected chi connectivity index (χ4v) is 5.08. The predicted octanol–water partition coefficient (Wildman–Crippen LogP) is 2.29. The van der Waals surface area contributed by atoms with Gasteiger partial charge in [0.1, 0.15) is 17.8 Å². The van der Waals surface area contributed by atoms with Gasteiger partial charge in [0.25, 0.3) is 0 Å². The number of alkyl halides is 3. The third-order valence-electron chi connectivity index (χ3n) is 5.34. The maximum Gasteiger partial charge on any atom is 0.485 e. The lowest BCUT2D eigenvalue weighted by Gasteiger charge is -2.27. The molecular formula is C15H18F3N5OS. The molecule has 0 amide bonds. The Hall–Kier alpha value is -1.68. The molecule has 1 N–H and O–H groups in total. The van der Waals surface area contributed by atoms with Crippen molar-refractivity contribution in [1.29, 1.82) is 0 Å². The Morgan fingerprint density at radius 2 is 1.96 bits per heavy atom. The van der Waals surface area contributed by atoms with Gasteiger partial charge < -0.3 is 9.88 Å². The van der Waals surface area contributed by atoms with Crippen molar-refractivity contribution in [3.05, 3.63) is 18.6 Å². The van der Waals surface area contributed by atoms with E-state index in [2.05, 4.69) is 19.9 Å². The van der Waals surface area contributed by atoms with Crippen LogP contribution in [-0.2, 0) is 11.0 Å². The van der Waals surface area contributed by atoms with Gasteiger partial charge in [0, 0.05) is 32.4 Å². The van der Waals surface area contributed by atoms with Gasteiger partial charge >= 0.3 is 5.51 Å². The zero-order valence-electron chi connectivity index (χ0n) is 13.5. The van der Waals surface area contributed by atoms with Crippen LogP contribution in [0.4, 0.5) is 19.0 Å². The number of halogens is 3. The van der Waals surface area contributed by atoms with E-state index >= 15 is 0 Å². The summed E-state index contributed by atoms with van der Waals surface area (Å²) in [6, 6.07) is 2.13. The Balaban J connectivity index is 1.46. The number of aromatic amines is 1. The summed E-state index contributed by atoms with van der Waals surface area (Å²) >= 11 is 0. The van der Waals surface area contributed by atoms with Crippen molar-refractivity contribution < 1.29 is 17.4 Å². The molecule has 1 aliphatic heterocycles. The van der Waals surface area contributed by atoms with Crippen LogP contribution in [0.1, 0.15) is 12.8 Å². The molecule has 3 atom stereocenters. The third-order valence-corrected chi connectivity index (χ3v) is 6.50. The van der Waals surface area contributed by atoms with Gasteiger partial charge in [-0.15, -0.1) is 0 Å². The molecule has 0 spiro atoms. The fourth-order valence-electron chi connectivity index (χ4n) is 4.14. The molecule has 3 heterocycles. The minimum Gasteiger partial charge on any atom is -0.356 e. The van der Waals surface area contributed by atoms with E-state index in [1.165, 1.54) is 6.33 Å². The molecule has 1 aliphatic carbocycles. The lowest BCUT2D eigenvalue weighted by atomic mass is 10.0. The molecule has 1 saturated carbocycles. The van der Waals surface area contributed by atoms with Crippen LogP contribution >= 0.6 is 0 Å². The number of nitrogens with one attached hydrogen (secondary N) is 1. The Bertz CT molecular complexity index is 796. The average molecular weight is 373 g/mol. The molecule has 3 unspecified atom stereocenters. The second-order valence-corrected chi connectivity index (χ2v) is 8.21. The smallest absolute Gasteiger partial charge is 0.356 e. The normalized spacial score (nSPS) is 28.4. The second kappa shape index (κ2) is 5.94. The van der Waals surface area contributed by atoms with E-state index in [4.69, 9.17) is 0 Å². The van der Waals surface area contributed by atoms with Gasteiger partial charge in [-0.05, 0) is 30.7 Å². The molecule has 4 rings (SSSR count). The number of rotatable bonds is 3. The highest BCUT2D eigenvalue weighted by molar-refractivity contribution is 7.83. The quantitative estimate of drug-likeness (QED) is 0.897. The zero-order valence-corrected chi connectivity index (χ0v) is 14.3. The summed E-state index contributed by atoms with van der Waals surface area (Å²) in [5, 5.41) is 0.932. The molecule has 25 heavy (non-hydrogen) atoms. The first-order chi connectivity index (χ1) is 11.8. The first-order valence-corrected chi connectivity index (χ1v) is 9.20. The van der Waals surface area contributed by atoms with E-state index in [0.29, 0.717) is 0 Å². The summed E-state index contributed by atoms with van der Waals surface area (Å²) in [6.45, 7) is 0.481. The summed E-state index contributed by atoms with van der Waals surface area (Å²) in [6.07, 6.45) is 4.88. The van der Waals surface area contributed by atoms with Crippen LogP contribution < -0.4 is 4.90 Å². The SMILES string of the molecule is CN(c1ncnc2[nH]ccc12)C1CC2CN(S(=O)C(F)(F)F)CC2C1. The summed E-state index contributed by atoms with van der Waals surface area (Å²) in [5.74, 6) is 1.11. The molecule has 0 radical (unpaired) electrons. The van der Waals surface area contributed by atoms with Gasteiger partial charge in [-0.1, -0.05) is 0 Å². The molecule has 0 aromatic carbocycles. The van der Waals surface area contributed by atoms with E-state index in [9.17, 15) is 17.4 Å². The molecule has 10 heteroatoms. The lowest BCUT2D eigenvalue weighted by Crippen LogP contribution is -2.36. The first-order valence-electron chi connectivity index (χ1n) is 8.09. The first kappa shape index (κ1) is 16.8. The standard InChI is InChI=1S/C15H18F3N5OS/c1-22(14-12-2-3-19-13(12)20-8-21-14)11-4-9-6-23(7-10(9)5-11)25(24)15(16,17)18/h2-3,8-11H,4-7H2,1H3,(H,19,20,21). The highest BCUT2D eigenvalue weighted by Crippen LogP contribution is 2.43. The molecule has 2 aromatic rings. The molecular weight excluding hydrogens is 355 g/mol. The predicted molar refractivity (Wildman–Crippen MR) is 88.1 cm³/mol. The van der Waals surface area contributed by atoms with Crippen LogP contribution in [-0.4, -0.2) is 55.2 Å². The summed E-state index contributed by atoms with van der Waals surface area (Å²) in [7, 11) is -0.933. The average Bonchev–Trinajstić information content (AvgIpc) is 3.25. The van der Waals surface area contributed by atoms with E-state index in [1.807, 2.05) is 19.3 Å². The number of nitrogens with zero attached hydrogens (tertiary/aromatic N) is 4. The van der Waals surface area contributed by atoms with Crippen molar-refractivity contribution in [3.63, 3.8) is 0 Å². The number of hydrogen-bond acceptors (Lipinski definition) is 4. The molecule has 2 fully saturated rings. The van der Waals surface area contributed by atoms with Crippen LogP contribution in [0.15, 0.2) is 18.6 Å². The number of anilines is 1. The summed E-state index contributed by atoms with van der Waals surface area (Å²) in [4.78, 5) is 13.7. The maximum atomic E-state index is 12.7. The monoisotopic (exact) mass is 373 g/mol. The molecule has 1 saturated heterocycles. The second-order valence-electron chi connectivity index (χ2n) is 6.74. The highest BCUT2D eigenvalue weighted by Gasteiger charge is 2.49. The van der Waals surface area contributed by atoms with Crippen molar-refractivity contribution in [2.45, 2.75) is 24.4 Å². The third kappa shape index (κ3) is 2.91. The summed E-state index contributed by atoms with van der Waals surface area (Å²) in [5.41, 5.74) is -3.91. The van der Waals surface area contributed by atoms with Gasteiger partial charge in [0.15, 0.2) is 0 Å². The molecule has 2 aromatic heterocycles. The number of fused-ring (bicyclic) bond motifs is 2. The number of H-pyrrole nitrogens is 1. The zero-order chi connectivity index (χ0) is 17.8. The Labute approximate surface area is 145 Å². The van der Waals surface area contributed by atoms with Gasteiger partial charge in [-0.3, -0.25) is 0 Å². The minimum absolute atomic E-state index is 0.141. The van der Waals surface area contributed by atoms with E-state index in [-0.39, 0.29) is 31.0 Å². The topological polar surface area (TPSA) is 65.1 Å². The molecule has 6 nitrogen and oxygen atoms in total. The number of hydrogen-bond donors (Lipinski definition) is 1. The van der Waals surface area contributed by atoms with Crippen LogP contribution in [0.3, 0.4) is 0 Å². The lowest BCUT2D eigenvalue weighted by molar-refractivity contribution is -0.0425. The molecule has 0 bridgehead atoms. The van der Waals surface area contributed by atoms with Crippen LogP contribution in [0.25, 0.3) is 11.0 Å². The van der Waals surface area contributed by atoms with Crippen LogP contribution in [0.5, 0.6) is 0 Å². The Morgan fingerprint density at radius 1 is 1.28 bits per heavy atom.